The minimum atomic E-state index is -2.82. The van der Waals surface area contributed by atoms with Gasteiger partial charge in [-0.1, -0.05) is 12.1 Å². The highest BCUT2D eigenvalue weighted by Gasteiger charge is 2.27. The lowest BCUT2D eigenvalue weighted by Gasteiger charge is -2.17. The van der Waals surface area contributed by atoms with Gasteiger partial charge >= 0.3 is 0 Å². The lowest BCUT2D eigenvalue weighted by molar-refractivity contribution is -0.0268. The Hall–Kier alpha value is -3.61. The number of alkyl halides is 2. The van der Waals surface area contributed by atoms with Gasteiger partial charge in [-0.3, -0.25) is 9.20 Å². The minimum absolute atomic E-state index is 0.0508. The number of imidazole rings is 1. The van der Waals surface area contributed by atoms with Gasteiger partial charge in [-0.05, 0) is 50.5 Å². The van der Waals surface area contributed by atoms with Gasteiger partial charge in [-0.15, -0.1) is 5.10 Å². The number of benzene rings is 1. The number of hydrazone groups is 1. The molecule has 36 heavy (non-hydrogen) atoms. The van der Waals surface area contributed by atoms with E-state index in [9.17, 15) is 18.7 Å². The average Bonchev–Trinajstić information content (AvgIpc) is 3.57. The molecule has 0 bridgehead atoms. The number of fused-ring (bicyclic) bond motifs is 1. The van der Waals surface area contributed by atoms with E-state index in [1.54, 1.807) is 36.6 Å². The zero-order valence-electron chi connectivity index (χ0n) is 20.0. The Morgan fingerprint density at radius 1 is 1.36 bits per heavy atom. The van der Waals surface area contributed by atoms with Gasteiger partial charge in [0.25, 0.3) is 12.3 Å². The smallest absolute Gasteiger partial charge is 0.274 e. The Balaban J connectivity index is 1.54. The second-order valence-electron chi connectivity index (χ2n) is 9.37. The van der Waals surface area contributed by atoms with Crippen LogP contribution in [0.1, 0.15) is 60.3 Å². The molecule has 1 aromatic carbocycles. The Morgan fingerprint density at radius 3 is 2.78 bits per heavy atom. The molecule has 0 spiro atoms. The third-order valence-corrected chi connectivity index (χ3v) is 5.51. The maximum atomic E-state index is 13.7. The standard InChI is InChI=1S/C24H29F2N7O3/c1-24(2,35)13-36-12-14-7-8-32-19(11-29-20(32)9-14)23(34)30-18-10-15(3-6-17(18)21(25)26)22(27)31-33(28)16-4-5-16/h3,6-11,16,21,35H,4-5,12-13,28H2,1-2H3,(H2,27,31)(H,30,34). The number of pyridine rings is 1. The van der Waals surface area contributed by atoms with Crippen molar-refractivity contribution in [2.24, 2.45) is 16.7 Å². The summed E-state index contributed by atoms with van der Waals surface area (Å²) < 4.78 is 34.4. The summed E-state index contributed by atoms with van der Waals surface area (Å²) in [5.74, 6) is 5.26. The Labute approximate surface area is 206 Å². The van der Waals surface area contributed by atoms with E-state index in [0.717, 1.165) is 18.4 Å². The SMILES string of the molecule is CC(C)(O)COCc1ccn2c(C(=O)Nc3cc(/C(N)=N/N(N)C4CC4)ccc3C(F)F)cnc2c1. The number of anilines is 1. The predicted molar refractivity (Wildman–Crippen MR) is 130 cm³/mol. The molecule has 1 fully saturated rings. The first-order chi connectivity index (χ1) is 17.0. The number of aliphatic hydroxyl groups is 1. The van der Waals surface area contributed by atoms with Crippen molar-refractivity contribution in [3.8, 4) is 0 Å². The molecule has 1 amide bonds. The largest absolute Gasteiger partial charge is 0.388 e. The highest BCUT2D eigenvalue weighted by atomic mass is 19.3. The van der Waals surface area contributed by atoms with Gasteiger partial charge in [-0.25, -0.2) is 24.7 Å². The fourth-order valence-corrected chi connectivity index (χ4v) is 3.50. The summed E-state index contributed by atoms with van der Waals surface area (Å²) in [6, 6.07) is 7.56. The molecule has 2 aromatic heterocycles. The number of aromatic nitrogens is 2. The fraction of sp³-hybridized carbons (Fsp3) is 0.375. The lowest BCUT2D eigenvalue weighted by Crippen LogP contribution is -2.31. The molecule has 4 rings (SSSR count). The fourth-order valence-electron chi connectivity index (χ4n) is 3.50. The van der Waals surface area contributed by atoms with Crippen molar-refractivity contribution < 1.29 is 23.4 Å². The summed E-state index contributed by atoms with van der Waals surface area (Å²) in [5.41, 5.74) is 6.40. The van der Waals surface area contributed by atoms with Crippen molar-refractivity contribution in [3.05, 3.63) is 65.1 Å². The van der Waals surface area contributed by atoms with Crippen molar-refractivity contribution in [2.75, 3.05) is 11.9 Å². The Morgan fingerprint density at radius 2 is 2.11 bits per heavy atom. The van der Waals surface area contributed by atoms with Crippen LogP contribution in [0.25, 0.3) is 5.65 Å². The predicted octanol–water partition coefficient (Wildman–Crippen LogP) is 2.77. The third-order valence-electron chi connectivity index (χ3n) is 5.51. The summed E-state index contributed by atoms with van der Waals surface area (Å²) in [7, 11) is 0. The molecule has 0 aliphatic heterocycles. The topological polar surface area (TPSA) is 144 Å². The normalized spacial score (nSPS) is 14.5. The molecule has 0 saturated heterocycles. The van der Waals surface area contributed by atoms with Crippen LogP contribution in [0.15, 0.2) is 47.8 Å². The van der Waals surface area contributed by atoms with Crippen LogP contribution in [0, 0.1) is 0 Å². The maximum Gasteiger partial charge on any atom is 0.274 e. The quantitative estimate of drug-likeness (QED) is 0.145. The Kier molecular flexibility index (Phi) is 7.20. The molecule has 192 valence electrons. The summed E-state index contributed by atoms with van der Waals surface area (Å²) in [6.07, 6.45) is 2.00. The number of carbonyl (C=O) groups is 1. The van der Waals surface area contributed by atoms with Crippen molar-refractivity contribution >= 4 is 23.1 Å². The molecule has 1 aliphatic carbocycles. The highest BCUT2D eigenvalue weighted by molar-refractivity contribution is 6.05. The van der Waals surface area contributed by atoms with Crippen molar-refractivity contribution in [3.63, 3.8) is 0 Å². The number of ether oxygens (including phenoxy) is 1. The monoisotopic (exact) mass is 501 g/mol. The second-order valence-corrected chi connectivity index (χ2v) is 9.37. The van der Waals surface area contributed by atoms with Gasteiger partial charge in [-0.2, -0.15) is 0 Å². The van der Waals surface area contributed by atoms with E-state index >= 15 is 0 Å². The van der Waals surface area contributed by atoms with Crippen LogP contribution in [0.5, 0.6) is 0 Å². The first-order valence-corrected chi connectivity index (χ1v) is 11.4. The number of nitrogens with one attached hydrogen (secondary N) is 1. The number of halogens is 2. The number of hydrogen-bond donors (Lipinski definition) is 4. The second kappa shape index (κ2) is 10.2. The number of hydrazine groups is 1. The maximum absolute atomic E-state index is 13.7. The van der Waals surface area contributed by atoms with Crippen LogP contribution in [0.2, 0.25) is 0 Å². The van der Waals surface area contributed by atoms with Gasteiger partial charge in [0.2, 0.25) is 0 Å². The van der Waals surface area contributed by atoms with E-state index < -0.39 is 17.9 Å². The van der Waals surface area contributed by atoms with Crippen LogP contribution >= 0.6 is 0 Å². The molecule has 0 atom stereocenters. The number of rotatable bonds is 10. The third kappa shape index (κ3) is 6.14. The summed E-state index contributed by atoms with van der Waals surface area (Å²) in [5, 5.41) is 17.7. The average molecular weight is 502 g/mol. The van der Waals surface area contributed by atoms with Crippen molar-refractivity contribution in [1.82, 2.24) is 14.5 Å². The van der Waals surface area contributed by atoms with E-state index in [4.69, 9.17) is 16.3 Å². The molecule has 0 unspecified atom stereocenters. The molecule has 2 heterocycles. The van der Waals surface area contributed by atoms with Crippen LogP contribution in [0.4, 0.5) is 14.5 Å². The molecule has 1 saturated carbocycles. The molecule has 6 N–H and O–H groups in total. The lowest BCUT2D eigenvalue weighted by atomic mass is 10.1. The first kappa shape index (κ1) is 25.5. The minimum Gasteiger partial charge on any atom is -0.388 e. The Bertz CT molecular complexity index is 1280. The zero-order chi connectivity index (χ0) is 26.0. The van der Waals surface area contributed by atoms with Gasteiger partial charge in [0.15, 0.2) is 5.84 Å². The number of amides is 1. The van der Waals surface area contributed by atoms with Crippen LogP contribution in [-0.4, -0.2) is 49.6 Å². The van der Waals surface area contributed by atoms with Crippen LogP contribution < -0.4 is 16.9 Å². The molecular formula is C24H29F2N7O3. The summed E-state index contributed by atoms with van der Waals surface area (Å²) in [6.45, 7) is 3.70. The molecule has 12 heteroatoms. The van der Waals surface area contributed by atoms with Gasteiger partial charge in [0.05, 0.1) is 36.7 Å². The van der Waals surface area contributed by atoms with E-state index in [-0.39, 0.29) is 42.0 Å². The number of nitrogens with zero attached hydrogens (tertiary/aromatic N) is 4. The van der Waals surface area contributed by atoms with E-state index in [1.165, 1.54) is 29.5 Å². The van der Waals surface area contributed by atoms with E-state index in [2.05, 4.69) is 15.4 Å². The molecular weight excluding hydrogens is 472 g/mol. The number of amidine groups is 1. The number of nitrogens with two attached hydrogens (primary N) is 2. The van der Waals surface area contributed by atoms with Gasteiger partial charge < -0.3 is 20.9 Å². The van der Waals surface area contributed by atoms with Gasteiger partial charge in [0, 0.05) is 17.3 Å². The van der Waals surface area contributed by atoms with Crippen LogP contribution in [0.3, 0.4) is 0 Å². The first-order valence-electron chi connectivity index (χ1n) is 11.4. The number of carbonyl (C=O) groups excluding carboxylic acids is 1. The summed E-state index contributed by atoms with van der Waals surface area (Å²) in [4.78, 5) is 17.3. The molecule has 10 nitrogen and oxygen atoms in total. The molecule has 3 aromatic rings. The summed E-state index contributed by atoms with van der Waals surface area (Å²) >= 11 is 0. The van der Waals surface area contributed by atoms with Gasteiger partial charge in [0.1, 0.15) is 11.3 Å². The van der Waals surface area contributed by atoms with Crippen molar-refractivity contribution in [2.45, 2.75) is 51.4 Å². The highest BCUT2D eigenvalue weighted by Crippen LogP contribution is 2.29. The van der Waals surface area contributed by atoms with Crippen molar-refractivity contribution in [1.29, 1.82) is 0 Å². The number of hydrogen-bond acceptors (Lipinski definition) is 7. The van der Waals surface area contributed by atoms with Crippen LogP contribution in [-0.2, 0) is 11.3 Å². The molecule has 1 aliphatic rings. The molecule has 0 radical (unpaired) electrons. The van der Waals surface area contributed by atoms with E-state index in [0.29, 0.717) is 11.2 Å². The van der Waals surface area contributed by atoms with E-state index in [1.807, 2.05) is 0 Å². The zero-order valence-corrected chi connectivity index (χ0v) is 20.0.